The monoisotopic (exact) mass is 424 g/mol. The van der Waals surface area contributed by atoms with Gasteiger partial charge in [0.2, 0.25) is 0 Å². The van der Waals surface area contributed by atoms with E-state index in [1.807, 2.05) is 38.1 Å². The summed E-state index contributed by atoms with van der Waals surface area (Å²) >= 11 is 0. The average molecular weight is 425 g/mol. The number of aromatic nitrogens is 2. The number of benzene rings is 3. The second kappa shape index (κ2) is 7.63. The van der Waals surface area contributed by atoms with Gasteiger partial charge < -0.3 is 9.97 Å². The van der Waals surface area contributed by atoms with Crippen LogP contribution in [0.1, 0.15) is 48.9 Å². The maximum Gasteiger partial charge on any atom is 0.197 e. The summed E-state index contributed by atoms with van der Waals surface area (Å²) in [6.07, 6.45) is 3.92. The zero-order valence-electron chi connectivity index (χ0n) is 19.1. The Bertz CT molecular complexity index is 1650. The fourth-order valence-corrected chi connectivity index (χ4v) is 5.05. The maximum absolute atomic E-state index is 13.6. The van der Waals surface area contributed by atoms with Crippen LogP contribution in [-0.2, 0) is 12.8 Å². The van der Waals surface area contributed by atoms with Crippen LogP contribution in [0.15, 0.2) is 46.0 Å². The van der Waals surface area contributed by atoms with Crippen LogP contribution in [0.2, 0.25) is 0 Å². The van der Waals surface area contributed by atoms with Gasteiger partial charge in [0.1, 0.15) is 0 Å². The number of aryl methyl sites for hydroxylation is 4. The van der Waals surface area contributed by atoms with Crippen molar-refractivity contribution >= 4 is 43.6 Å². The fourth-order valence-electron chi connectivity index (χ4n) is 5.05. The van der Waals surface area contributed by atoms with Crippen molar-refractivity contribution in [2.45, 2.75) is 53.4 Å². The molecule has 4 nitrogen and oxygen atoms in total. The quantitative estimate of drug-likeness (QED) is 0.337. The van der Waals surface area contributed by atoms with Crippen LogP contribution in [0.4, 0.5) is 0 Å². The molecule has 0 amide bonds. The van der Waals surface area contributed by atoms with Crippen molar-refractivity contribution in [2.24, 2.45) is 0 Å². The van der Waals surface area contributed by atoms with Crippen molar-refractivity contribution in [2.75, 3.05) is 0 Å². The van der Waals surface area contributed by atoms with Gasteiger partial charge in [0.15, 0.2) is 10.9 Å². The molecule has 0 fully saturated rings. The molecule has 4 heteroatoms. The Kier molecular flexibility index (Phi) is 4.89. The van der Waals surface area contributed by atoms with Crippen LogP contribution in [0.25, 0.3) is 43.6 Å². The molecule has 0 bridgehead atoms. The summed E-state index contributed by atoms with van der Waals surface area (Å²) in [5, 5.41) is 2.64. The van der Waals surface area contributed by atoms with Crippen LogP contribution in [0.5, 0.6) is 0 Å². The van der Waals surface area contributed by atoms with E-state index in [0.29, 0.717) is 27.2 Å². The molecule has 0 unspecified atom stereocenters. The molecular weight excluding hydrogens is 396 g/mol. The van der Waals surface area contributed by atoms with Gasteiger partial charge in [-0.2, -0.15) is 0 Å². The predicted molar refractivity (Wildman–Crippen MR) is 135 cm³/mol. The van der Waals surface area contributed by atoms with Gasteiger partial charge in [-0.25, -0.2) is 0 Å². The Hall–Kier alpha value is -3.40. The number of nitrogens with one attached hydrogen (secondary N) is 2. The lowest BCUT2D eigenvalue weighted by Gasteiger charge is -2.12. The largest absolute Gasteiger partial charge is 0.354 e. The molecular formula is C28H28N2O2. The van der Waals surface area contributed by atoms with Crippen LogP contribution < -0.4 is 10.9 Å². The molecule has 3 aromatic carbocycles. The van der Waals surface area contributed by atoms with Crippen LogP contribution in [-0.4, -0.2) is 9.97 Å². The van der Waals surface area contributed by atoms with Crippen LogP contribution in [0, 0.1) is 13.8 Å². The van der Waals surface area contributed by atoms with E-state index in [1.165, 1.54) is 11.1 Å². The molecule has 2 aromatic heterocycles. The van der Waals surface area contributed by atoms with E-state index in [9.17, 15) is 9.59 Å². The van der Waals surface area contributed by atoms with Crippen LogP contribution >= 0.6 is 0 Å². The van der Waals surface area contributed by atoms with Gasteiger partial charge in [-0.1, -0.05) is 38.8 Å². The molecule has 0 atom stereocenters. The lowest BCUT2D eigenvalue weighted by atomic mass is 9.97. The van der Waals surface area contributed by atoms with E-state index in [2.05, 4.69) is 35.9 Å². The van der Waals surface area contributed by atoms with E-state index < -0.39 is 0 Å². The minimum atomic E-state index is -0.00419. The Morgan fingerprint density at radius 1 is 0.656 bits per heavy atom. The molecule has 0 radical (unpaired) electrons. The number of aromatic amines is 2. The highest BCUT2D eigenvalue weighted by atomic mass is 16.1. The summed E-state index contributed by atoms with van der Waals surface area (Å²) in [6, 6.07) is 11.9. The third-order valence-corrected chi connectivity index (χ3v) is 6.47. The van der Waals surface area contributed by atoms with Crippen molar-refractivity contribution in [3.63, 3.8) is 0 Å². The highest BCUT2D eigenvalue weighted by molar-refractivity contribution is 6.03. The third kappa shape index (κ3) is 3.13. The first-order chi connectivity index (χ1) is 15.4. The molecule has 2 heterocycles. The third-order valence-electron chi connectivity index (χ3n) is 6.47. The highest BCUT2D eigenvalue weighted by Gasteiger charge is 2.14. The number of fused-ring (bicyclic) bond motifs is 4. The number of pyridine rings is 2. The Balaban J connectivity index is 1.92. The summed E-state index contributed by atoms with van der Waals surface area (Å²) in [5.41, 5.74) is 7.63. The summed E-state index contributed by atoms with van der Waals surface area (Å²) in [6.45, 7) is 8.31. The molecule has 0 spiro atoms. The zero-order valence-corrected chi connectivity index (χ0v) is 19.1. The molecule has 162 valence electrons. The Morgan fingerprint density at radius 3 is 1.88 bits per heavy atom. The summed E-state index contributed by atoms with van der Waals surface area (Å²) < 4.78 is 0. The smallest absolute Gasteiger partial charge is 0.197 e. The van der Waals surface area contributed by atoms with E-state index in [1.54, 1.807) is 0 Å². The molecule has 32 heavy (non-hydrogen) atoms. The van der Waals surface area contributed by atoms with E-state index >= 15 is 0 Å². The molecule has 5 aromatic rings. The maximum atomic E-state index is 13.6. The molecule has 0 saturated heterocycles. The predicted octanol–water partition coefficient (Wildman–Crippen LogP) is 6.20. The lowest BCUT2D eigenvalue weighted by Crippen LogP contribution is -2.10. The van der Waals surface area contributed by atoms with Crippen molar-refractivity contribution < 1.29 is 0 Å². The number of hydrogen-bond acceptors (Lipinski definition) is 2. The second-order valence-electron chi connectivity index (χ2n) is 9.03. The topological polar surface area (TPSA) is 65.7 Å². The van der Waals surface area contributed by atoms with Gasteiger partial charge in [0.25, 0.3) is 0 Å². The molecule has 0 aliphatic carbocycles. The molecule has 0 saturated carbocycles. The van der Waals surface area contributed by atoms with Crippen molar-refractivity contribution in [3.05, 3.63) is 79.1 Å². The van der Waals surface area contributed by atoms with Crippen molar-refractivity contribution in [1.82, 2.24) is 9.97 Å². The number of H-pyrrole nitrogens is 2. The van der Waals surface area contributed by atoms with Crippen molar-refractivity contribution in [3.8, 4) is 0 Å². The van der Waals surface area contributed by atoms with Crippen LogP contribution in [0.3, 0.4) is 0 Å². The van der Waals surface area contributed by atoms with Crippen molar-refractivity contribution in [1.29, 1.82) is 0 Å². The summed E-state index contributed by atoms with van der Waals surface area (Å²) in [5.74, 6) is 0. The first kappa shape index (κ1) is 20.5. The molecule has 0 aliphatic heterocycles. The van der Waals surface area contributed by atoms with E-state index in [-0.39, 0.29) is 10.9 Å². The van der Waals surface area contributed by atoms with Gasteiger partial charge in [-0.05, 0) is 73.2 Å². The Morgan fingerprint density at radius 2 is 1.25 bits per heavy atom. The van der Waals surface area contributed by atoms with E-state index in [4.69, 9.17) is 0 Å². The first-order valence-corrected chi connectivity index (χ1v) is 11.5. The second-order valence-corrected chi connectivity index (χ2v) is 9.03. The van der Waals surface area contributed by atoms with Gasteiger partial charge in [0.05, 0.1) is 22.1 Å². The molecule has 5 rings (SSSR count). The van der Waals surface area contributed by atoms with Gasteiger partial charge >= 0.3 is 0 Å². The fraction of sp³-hybridized carbons (Fsp3) is 0.286. The molecule has 2 N–H and O–H groups in total. The van der Waals surface area contributed by atoms with Gasteiger partial charge in [-0.15, -0.1) is 0 Å². The average Bonchev–Trinajstić information content (AvgIpc) is 2.75. The number of rotatable bonds is 4. The Labute approximate surface area is 186 Å². The van der Waals surface area contributed by atoms with E-state index in [0.717, 1.165) is 53.2 Å². The highest BCUT2D eigenvalue weighted by Crippen LogP contribution is 2.26. The minimum Gasteiger partial charge on any atom is -0.354 e. The lowest BCUT2D eigenvalue weighted by molar-refractivity contribution is 0.900. The zero-order chi connectivity index (χ0) is 22.6. The summed E-state index contributed by atoms with van der Waals surface area (Å²) in [7, 11) is 0. The summed E-state index contributed by atoms with van der Waals surface area (Å²) in [4.78, 5) is 33.9. The van der Waals surface area contributed by atoms with Gasteiger partial charge in [-0.3, -0.25) is 9.59 Å². The standard InChI is InChI=1S/C28H28N2O2/c1-5-7-17-11-18(8-6-2)26-22(12-17)28(32)20-13-23-19(14-24(20)30-26)27(31)21-10-15(3)9-16(4)25(21)29-23/h9-14H,5-8H2,1-4H3,(H,29,31)(H,30,32). The number of hydrogen-bond donors (Lipinski definition) is 2. The first-order valence-electron chi connectivity index (χ1n) is 11.5. The SMILES string of the molecule is CCCc1cc(CCC)c2[nH]c3cc4c(=O)c5cc(C)cc(C)c5[nH]c4cc3c(=O)c2c1. The molecule has 0 aliphatic rings. The normalized spacial score (nSPS) is 11.9. The van der Waals surface area contributed by atoms with Gasteiger partial charge in [0, 0.05) is 21.5 Å². The minimum absolute atomic E-state index is 0.00419.